The first-order valence-electron chi connectivity index (χ1n) is 8.20. The number of nitrogens with one attached hydrogen (secondary N) is 2. The minimum Gasteiger partial charge on any atom is -0.497 e. The van der Waals surface area contributed by atoms with Gasteiger partial charge in [-0.15, -0.1) is 11.3 Å². The molecule has 0 radical (unpaired) electrons. The average Bonchev–Trinajstić information content (AvgIpc) is 2.91. The van der Waals surface area contributed by atoms with Crippen LogP contribution >= 0.6 is 11.3 Å². The zero-order valence-corrected chi connectivity index (χ0v) is 15.7. The van der Waals surface area contributed by atoms with Crippen molar-refractivity contribution in [2.75, 3.05) is 20.2 Å². The standard InChI is InChI=1S/C18H26N4OS/c1-5-19-18(20-10-9-17-22-13(2)14(3)24-17)21-12-15-7-6-8-16(11-15)23-4/h6-8,11H,5,9-10,12H2,1-4H3,(H2,19,20,21). The van der Waals surface area contributed by atoms with E-state index in [2.05, 4.69) is 47.4 Å². The first-order chi connectivity index (χ1) is 11.6. The van der Waals surface area contributed by atoms with Gasteiger partial charge in [-0.3, -0.25) is 0 Å². The van der Waals surface area contributed by atoms with Crippen LogP contribution in [-0.4, -0.2) is 31.1 Å². The van der Waals surface area contributed by atoms with E-state index in [9.17, 15) is 0 Å². The number of hydrogen-bond donors (Lipinski definition) is 2. The number of thiazole rings is 1. The summed E-state index contributed by atoms with van der Waals surface area (Å²) in [6.07, 6.45) is 0.906. The molecule has 0 aliphatic carbocycles. The largest absolute Gasteiger partial charge is 0.497 e. The number of hydrogen-bond acceptors (Lipinski definition) is 4. The SMILES string of the molecule is CCNC(=NCc1cccc(OC)c1)NCCc1nc(C)c(C)s1. The topological polar surface area (TPSA) is 58.5 Å². The maximum absolute atomic E-state index is 5.25. The summed E-state index contributed by atoms with van der Waals surface area (Å²) in [7, 11) is 1.68. The highest BCUT2D eigenvalue weighted by molar-refractivity contribution is 7.11. The van der Waals surface area contributed by atoms with Crippen LogP contribution in [0.15, 0.2) is 29.3 Å². The van der Waals surface area contributed by atoms with E-state index in [1.807, 2.05) is 18.2 Å². The van der Waals surface area contributed by atoms with Gasteiger partial charge in [-0.2, -0.15) is 0 Å². The summed E-state index contributed by atoms with van der Waals surface area (Å²) in [5, 5.41) is 7.81. The van der Waals surface area contributed by atoms with E-state index < -0.39 is 0 Å². The van der Waals surface area contributed by atoms with Gasteiger partial charge in [-0.25, -0.2) is 9.98 Å². The molecule has 0 unspecified atom stereocenters. The quantitative estimate of drug-likeness (QED) is 0.597. The van der Waals surface area contributed by atoms with Gasteiger partial charge in [-0.05, 0) is 38.5 Å². The minimum absolute atomic E-state index is 0.613. The van der Waals surface area contributed by atoms with E-state index in [0.29, 0.717) is 6.54 Å². The third kappa shape index (κ3) is 5.53. The molecule has 130 valence electrons. The molecule has 24 heavy (non-hydrogen) atoms. The van der Waals surface area contributed by atoms with Gasteiger partial charge in [0.05, 0.1) is 24.4 Å². The van der Waals surface area contributed by atoms with Crippen molar-refractivity contribution in [1.82, 2.24) is 15.6 Å². The van der Waals surface area contributed by atoms with Gasteiger partial charge in [0.1, 0.15) is 5.75 Å². The number of aromatic nitrogens is 1. The number of rotatable bonds is 7. The van der Waals surface area contributed by atoms with Gasteiger partial charge in [0.2, 0.25) is 0 Å². The Bertz CT molecular complexity index is 662. The Morgan fingerprint density at radius 2 is 2.12 bits per heavy atom. The highest BCUT2D eigenvalue weighted by Gasteiger charge is 2.04. The molecule has 2 rings (SSSR count). The molecule has 0 atom stereocenters. The van der Waals surface area contributed by atoms with Crippen molar-refractivity contribution in [3.05, 3.63) is 45.4 Å². The third-order valence-electron chi connectivity index (χ3n) is 3.60. The second kappa shape index (κ2) is 9.27. The summed E-state index contributed by atoms with van der Waals surface area (Å²) in [5.41, 5.74) is 2.26. The van der Waals surface area contributed by atoms with Crippen molar-refractivity contribution in [3.63, 3.8) is 0 Å². The van der Waals surface area contributed by atoms with Crippen LogP contribution < -0.4 is 15.4 Å². The fourth-order valence-electron chi connectivity index (χ4n) is 2.22. The molecule has 0 saturated heterocycles. The molecular formula is C18H26N4OS. The summed E-state index contributed by atoms with van der Waals surface area (Å²) in [5.74, 6) is 1.68. The van der Waals surface area contributed by atoms with E-state index in [0.717, 1.165) is 42.5 Å². The molecule has 5 nitrogen and oxygen atoms in total. The summed E-state index contributed by atoms with van der Waals surface area (Å²) in [4.78, 5) is 10.5. The van der Waals surface area contributed by atoms with Crippen LogP contribution in [0.3, 0.4) is 0 Å². The molecular weight excluding hydrogens is 320 g/mol. The van der Waals surface area contributed by atoms with Gasteiger partial charge >= 0.3 is 0 Å². The summed E-state index contributed by atoms with van der Waals surface area (Å²) < 4.78 is 5.25. The molecule has 2 aromatic rings. The van der Waals surface area contributed by atoms with Crippen LogP contribution in [0.2, 0.25) is 0 Å². The van der Waals surface area contributed by atoms with Gasteiger partial charge in [0.15, 0.2) is 5.96 Å². The van der Waals surface area contributed by atoms with E-state index in [1.165, 1.54) is 9.88 Å². The van der Waals surface area contributed by atoms with Crippen LogP contribution in [0.4, 0.5) is 0 Å². The van der Waals surface area contributed by atoms with E-state index in [-0.39, 0.29) is 0 Å². The second-order valence-corrected chi connectivity index (χ2v) is 6.76. The molecule has 1 heterocycles. The average molecular weight is 347 g/mol. The van der Waals surface area contributed by atoms with E-state index >= 15 is 0 Å². The number of aryl methyl sites for hydroxylation is 2. The van der Waals surface area contributed by atoms with Crippen LogP contribution in [-0.2, 0) is 13.0 Å². The molecule has 0 fully saturated rings. The fraction of sp³-hybridized carbons (Fsp3) is 0.444. The van der Waals surface area contributed by atoms with Crippen LogP contribution in [0.5, 0.6) is 5.75 Å². The Hall–Kier alpha value is -2.08. The monoisotopic (exact) mass is 346 g/mol. The molecule has 0 amide bonds. The predicted molar refractivity (Wildman–Crippen MR) is 101 cm³/mol. The Labute approximate surface area is 148 Å². The van der Waals surface area contributed by atoms with Crippen molar-refractivity contribution < 1.29 is 4.74 Å². The zero-order chi connectivity index (χ0) is 17.4. The number of nitrogens with zero attached hydrogens (tertiary/aromatic N) is 2. The normalized spacial score (nSPS) is 11.4. The van der Waals surface area contributed by atoms with E-state index in [4.69, 9.17) is 4.74 Å². The van der Waals surface area contributed by atoms with Gasteiger partial charge in [0.25, 0.3) is 0 Å². The lowest BCUT2D eigenvalue weighted by molar-refractivity contribution is 0.414. The van der Waals surface area contributed by atoms with Crippen molar-refractivity contribution in [3.8, 4) is 5.75 Å². The summed E-state index contributed by atoms with van der Waals surface area (Å²) in [6, 6.07) is 7.98. The van der Waals surface area contributed by atoms with Gasteiger partial charge < -0.3 is 15.4 Å². The van der Waals surface area contributed by atoms with Gasteiger partial charge in [0, 0.05) is 24.4 Å². The van der Waals surface area contributed by atoms with Crippen LogP contribution in [0.25, 0.3) is 0 Å². The molecule has 2 N–H and O–H groups in total. The smallest absolute Gasteiger partial charge is 0.191 e. The maximum Gasteiger partial charge on any atom is 0.191 e. The molecule has 6 heteroatoms. The van der Waals surface area contributed by atoms with Gasteiger partial charge in [-0.1, -0.05) is 12.1 Å². The fourth-order valence-corrected chi connectivity index (χ4v) is 3.15. The molecule has 0 spiro atoms. The molecule has 0 aliphatic rings. The highest BCUT2D eigenvalue weighted by Crippen LogP contribution is 2.16. The molecule has 1 aromatic heterocycles. The van der Waals surface area contributed by atoms with Crippen molar-refractivity contribution in [1.29, 1.82) is 0 Å². The lowest BCUT2D eigenvalue weighted by atomic mass is 10.2. The number of aliphatic imine (C=N–C) groups is 1. The first kappa shape index (κ1) is 18.3. The highest BCUT2D eigenvalue weighted by atomic mass is 32.1. The van der Waals surface area contributed by atoms with Crippen LogP contribution in [0, 0.1) is 13.8 Å². The Balaban J connectivity index is 1.90. The summed E-state index contributed by atoms with van der Waals surface area (Å²) >= 11 is 1.77. The third-order valence-corrected chi connectivity index (χ3v) is 4.73. The Kier molecular flexibility index (Phi) is 7.06. The number of guanidine groups is 1. The Morgan fingerprint density at radius 1 is 1.29 bits per heavy atom. The summed E-state index contributed by atoms with van der Waals surface area (Å²) in [6.45, 7) is 8.50. The number of ether oxygens (including phenoxy) is 1. The first-order valence-corrected chi connectivity index (χ1v) is 9.02. The lowest BCUT2D eigenvalue weighted by Gasteiger charge is -2.11. The number of methoxy groups -OCH3 is 1. The van der Waals surface area contributed by atoms with Crippen molar-refractivity contribution in [2.24, 2.45) is 4.99 Å². The predicted octanol–water partition coefficient (Wildman–Crippen LogP) is 3.07. The minimum atomic E-state index is 0.613. The second-order valence-electron chi connectivity index (χ2n) is 5.47. The maximum atomic E-state index is 5.25. The van der Waals surface area contributed by atoms with Crippen molar-refractivity contribution >= 4 is 17.3 Å². The lowest BCUT2D eigenvalue weighted by Crippen LogP contribution is -2.38. The number of benzene rings is 1. The molecule has 0 bridgehead atoms. The Morgan fingerprint density at radius 3 is 2.79 bits per heavy atom. The zero-order valence-electron chi connectivity index (χ0n) is 14.8. The molecule has 1 aromatic carbocycles. The van der Waals surface area contributed by atoms with E-state index in [1.54, 1.807) is 18.4 Å². The van der Waals surface area contributed by atoms with Crippen LogP contribution in [0.1, 0.15) is 28.1 Å². The molecule has 0 aliphatic heterocycles. The molecule has 0 saturated carbocycles. The van der Waals surface area contributed by atoms with Crippen molar-refractivity contribution in [2.45, 2.75) is 33.7 Å².